The van der Waals surface area contributed by atoms with Crippen LogP contribution >= 0.6 is 0 Å². The highest BCUT2D eigenvalue weighted by molar-refractivity contribution is 6.64. The molecule has 1 N–H and O–H groups in total. The molecule has 1 aromatic carbocycles. The molecule has 1 rings (SSSR count). The van der Waals surface area contributed by atoms with E-state index in [1.54, 1.807) is 31.2 Å². The van der Waals surface area contributed by atoms with Crippen LogP contribution in [0, 0.1) is 0 Å². The van der Waals surface area contributed by atoms with E-state index in [9.17, 15) is 9.59 Å². The lowest BCUT2D eigenvalue weighted by Crippen LogP contribution is -2.27. The molecule has 17 heavy (non-hydrogen) atoms. The molecule has 0 amide bonds. The van der Waals surface area contributed by atoms with Gasteiger partial charge in [0.25, 0.3) is 0 Å². The topological polar surface area (TPSA) is 76.0 Å². The van der Waals surface area contributed by atoms with E-state index in [0.29, 0.717) is 0 Å². The first kappa shape index (κ1) is 12.9. The number of Topliss-reactive ketones (excluding diaryl/α,β-unsaturated/α-hetero) is 1. The van der Waals surface area contributed by atoms with E-state index in [-0.39, 0.29) is 13.0 Å². The van der Waals surface area contributed by atoms with Crippen molar-refractivity contribution in [2.75, 3.05) is 6.61 Å². The second-order valence-electron chi connectivity index (χ2n) is 3.25. The molecule has 0 aliphatic rings. The molecule has 0 atom stereocenters. The van der Waals surface area contributed by atoms with Gasteiger partial charge in [0, 0.05) is 6.42 Å². The van der Waals surface area contributed by atoms with Crippen LogP contribution in [0.3, 0.4) is 0 Å². The molecule has 0 radical (unpaired) electrons. The lowest BCUT2D eigenvalue weighted by Gasteiger charge is -2.03. The Morgan fingerprint density at radius 2 is 1.94 bits per heavy atom. The van der Waals surface area contributed by atoms with Crippen LogP contribution in [-0.2, 0) is 20.7 Å². The minimum atomic E-state index is -0.907. The summed E-state index contributed by atoms with van der Waals surface area (Å²) in [6, 6.07) is 8.88. The number of nitrogens with zero attached hydrogens (tertiary/aromatic N) is 1. The molecule has 5 nitrogen and oxygen atoms in total. The smallest absolute Gasteiger partial charge is 0.364 e. The lowest BCUT2D eigenvalue weighted by atomic mass is 10.1. The summed E-state index contributed by atoms with van der Waals surface area (Å²) in [5.74, 6) is -1.48. The van der Waals surface area contributed by atoms with Gasteiger partial charge < -0.3 is 9.94 Å². The monoisotopic (exact) mass is 235 g/mol. The number of oxime groups is 1. The molecule has 5 heteroatoms. The molecule has 0 bridgehead atoms. The van der Waals surface area contributed by atoms with Gasteiger partial charge in [-0.3, -0.25) is 4.79 Å². The summed E-state index contributed by atoms with van der Waals surface area (Å²) in [7, 11) is 0. The Bertz CT molecular complexity index is 425. The minimum absolute atomic E-state index is 0.000945. The van der Waals surface area contributed by atoms with Crippen LogP contribution in [0.15, 0.2) is 35.5 Å². The molecule has 0 fully saturated rings. The summed E-state index contributed by atoms with van der Waals surface area (Å²) >= 11 is 0. The van der Waals surface area contributed by atoms with Crippen molar-refractivity contribution < 1.29 is 19.5 Å². The minimum Gasteiger partial charge on any atom is -0.461 e. The van der Waals surface area contributed by atoms with E-state index in [4.69, 9.17) is 5.21 Å². The number of carbonyl (C=O) groups excluding carboxylic acids is 2. The Morgan fingerprint density at radius 1 is 1.29 bits per heavy atom. The number of benzene rings is 1. The highest BCUT2D eigenvalue weighted by atomic mass is 16.5. The predicted octanol–water partition coefficient (Wildman–Crippen LogP) is 1.19. The first-order valence-corrected chi connectivity index (χ1v) is 5.15. The summed E-state index contributed by atoms with van der Waals surface area (Å²) < 4.78 is 4.60. The standard InChI is InChI=1S/C12H13NO4/c1-2-17-12(15)11(13-16)10(14)8-9-6-4-3-5-7-9/h3-7,16H,2,8H2,1H3. The molecule has 0 aromatic heterocycles. The molecule has 0 aliphatic heterocycles. The third-order valence-corrected chi connectivity index (χ3v) is 2.04. The molecule has 0 aliphatic carbocycles. The molecule has 0 unspecified atom stereocenters. The summed E-state index contributed by atoms with van der Waals surface area (Å²) in [6.45, 7) is 1.73. The number of hydrogen-bond acceptors (Lipinski definition) is 5. The van der Waals surface area contributed by atoms with Crippen LogP contribution < -0.4 is 0 Å². The van der Waals surface area contributed by atoms with Crippen LogP contribution in [0.4, 0.5) is 0 Å². The molecule has 0 heterocycles. The second kappa shape index (κ2) is 6.42. The van der Waals surface area contributed by atoms with Gasteiger partial charge >= 0.3 is 5.97 Å². The molecule has 1 aromatic rings. The highest BCUT2D eigenvalue weighted by Gasteiger charge is 2.22. The third kappa shape index (κ3) is 3.71. The highest BCUT2D eigenvalue weighted by Crippen LogP contribution is 2.02. The van der Waals surface area contributed by atoms with E-state index in [2.05, 4.69) is 9.89 Å². The van der Waals surface area contributed by atoms with Gasteiger partial charge in [-0.1, -0.05) is 35.5 Å². The van der Waals surface area contributed by atoms with Crippen molar-refractivity contribution in [2.45, 2.75) is 13.3 Å². The van der Waals surface area contributed by atoms with E-state index >= 15 is 0 Å². The van der Waals surface area contributed by atoms with Crippen molar-refractivity contribution in [3.63, 3.8) is 0 Å². The van der Waals surface area contributed by atoms with Crippen molar-refractivity contribution in [1.82, 2.24) is 0 Å². The fourth-order valence-electron chi connectivity index (χ4n) is 1.27. The van der Waals surface area contributed by atoms with Crippen LogP contribution in [-0.4, -0.2) is 29.3 Å². The Hall–Kier alpha value is -2.17. The summed E-state index contributed by atoms with van der Waals surface area (Å²) in [5.41, 5.74) is 0.165. The largest absolute Gasteiger partial charge is 0.461 e. The van der Waals surface area contributed by atoms with Crippen molar-refractivity contribution in [2.24, 2.45) is 5.16 Å². The van der Waals surface area contributed by atoms with Crippen LogP contribution in [0.25, 0.3) is 0 Å². The van der Waals surface area contributed by atoms with Gasteiger partial charge in [-0.25, -0.2) is 4.79 Å². The molecule has 90 valence electrons. The zero-order valence-electron chi connectivity index (χ0n) is 9.42. The number of rotatable bonds is 5. The molecule has 0 saturated heterocycles. The van der Waals surface area contributed by atoms with Crippen molar-refractivity contribution in [1.29, 1.82) is 0 Å². The molecular formula is C12H13NO4. The number of carbonyl (C=O) groups is 2. The Balaban J connectivity index is 2.72. The fourth-order valence-corrected chi connectivity index (χ4v) is 1.27. The van der Waals surface area contributed by atoms with Crippen molar-refractivity contribution in [3.8, 4) is 0 Å². The zero-order chi connectivity index (χ0) is 12.7. The van der Waals surface area contributed by atoms with Gasteiger partial charge in [0.1, 0.15) is 0 Å². The van der Waals surface area contributed by atoms with Crippen LogP contribution in [0.2, 0.25) is 0 Å². The van der Waals surface area contributed by atoms with Gasteiger partial charge in [-0.2, -0.15) is 0 Å². The third-order valence-electron chi connectivity index (χ3n) is 2.04. The van der Waals surface area contributed by atoms with E-state index in [0.717, 1.165) is 5.56 Å². The van der Waals surface area contributed by atoms with Crippen molar-refractivity contribution in [3.05, 3.63) is 35.9 Å². The van der Waals surface area contributed by atoms with E-state index in [1.165, 1.54) is 0 Å². The quantitative estimate of drug-likeness (QED) is 0.273. The number of ketones is 1. The first-order valence-electron chi connectivity index (χ1n) is 5.15. The van der Waals surface area contributed by atoms with Gasteiger partial charge in [-0.15, -0.1) is 0 Å². The maximum atomic E-state index is 11.7. The summed E-state index contributed by atoms with van der Waals surface area (Å²) in [4.78, 5) is 22.9. The number of esters is 1. The Labute approximate surface area is 98.7 Å². The summed E-state index contributed by atoms with van der Waals surface area (Å²) in [6.07, 6.45) is -0.000945. The normalized spacial score (nSPS) is 11.0. The van der Waals surface area contributed by atoms with Gasteiger partial charge in [-0.05, 0) is 12.5 Å². The Morgan fingerprint density at radius 3 is 2.47 bits per heavy atom. The molecule has 0 spiro atoms. The first-order chi connectivity index (χ1) is 8.19. The van der Waals surface area contributed by atoms with Gasteiger partial charge in [0.2, 0.25) is 5.71 Å². The van der Waals surface area contributed by atoms with Gasteiger partial charge in [0.05, 0.1) is 6.61 Å². The Kier molecular flexibility index (Phi) is 4.87. The fraction of sp³-hybridized carbons (Fsp3) is 0.250. The van der Waals surface area contributed by atoms with E-state index in [1.807, 2.05) is 6.07 Å². The average molecular weight is 235 g/mol. The predicted molar refractivity (Wildman–Crippen MR) is 61.0 cm³/mol. The zero-order valence-corrected chi connectivity index (χ0v) is 9.42. The maximum Gasteiger partial charge on any atom is 0.364 e. The van der Waals surface area contributed by atoms with E-state index < -0.39 is 17.5 Å². The maximum absolute atomic E-state index is 11.7. The molecular weight excluding hydrogens is 222 g/mol. The average Bonchev–Trinajstić information content (AvgIpc) is 2.31. The number of ether oxygens (including phenoxy) is 1. The van der Waals surface area contributed by atoms with Gasteiger partial charge in [0.15, 0.2) is 5.78 Å². The van der Waals surface area contributed by atoms with Crippen LogP contribution in [0.5, 0.6) is 0 Å². The van der Waals surface area contributed by atoms with Crippen molar-refractivity contribution >= 4 is 17.5 Å². The number of hydrogen-bond donors (Lipinski definition) is 1. The van der Waals surface area contributed by atoms with Crippen LogP contribution in [0.1, 0.15) is 12.5 Å². The lowest BCUT2D eigenvalue weighted by molar-refractivity contribution is -0.135. The summed E-state index contributed by atoms with van der Waals surface area (Å²) in [5, 5.41) is 11.3. The second-order valence-corrected chi connectivity index (χ2v) is 3.25. The SMILES string of the molecule is CCOC(=O)C(=NO)C(=O)Cc1ccccc1. The molecule has 0 saturated carbocycles.